The van der Waals surface area contributed by atoms with Crippen LogP contribution in [-0.2, 0) is 4.79 Å². The van der Waals surface area contributed by atoms with Gasteiger partial charge in [-0.2, -0.15) is 5.10 Å². The lowest BCUT2D eigenvalue weighted by molar-refractivity contribution is -0.119. The van der Waals surface area contributed by atoms with Gasteiger partial charge in [0.15, 0.2) is 0 Å². The molecule has 114 valence electrons. The zero-order chi connectivity index (χ0) is 15.9. The van der Waals surface area contributed by atoms with Crippen LogP contribution in [0.2, 0.25) is 10.0 Å². The highest BCUT2D eigenvalue weighted by Gasteiger charge is 2.06. The predicted molar refractivity (Wildman–Crippen MR) is 91.7 cm³/mol. The standard InChI is InChI=1S/C16H15Cl2N3O/c1-11(14-8-7-12(17)9-15(14)18)20-21-16(22)10-19-13-5-3-2-4-6-13/h2-9,19H,10H2,1H3,(H,21,22)/b20-11-. The van der Waals surface area contributed by atoms with E-state index in [2.05, 4.69) is 15.8 Å². The number of amides is 1. The van der Waals surface area contributed by atoms with Crippen LogP contribution in [0.25, 0.3) is 0 Å². The van der Waals surface area contributed by atoms with Gasteiger partial charge in [0.05, 0.1) is 17.3 Å². The molecule has 6 heteroatoms. The molecule has 22 heavy (non-hydrogen) atoms. The highest BCUT2D eigenvalue weighted by atomic mass is 35.5. The van der Waals surface area contributed by atoms with E-state index in [1.165, 1.54) is 0 Å². The summed E-state index contributed by atoms with van der Waals surface area (Å²) in [5.74, 6) is -0.242. The normalized spacial score (nSPS) is 11.1. The fourth-order valence-corrected chi connectivity index (χ4v) is 2.31. The number of rotatable bonds is 5. The molecule has 0 bridgehead atoms. The zero-order valence-electron chi connectivity index (χ0n) is 11.9. The fourth-order valence-electron chi connectivity index (χ4n) is 1.77. The molecule has 1 amide bonds. The van der Waals surface area contributed by atoms with Crippen LogP contribution in [-0.4, -0.2) is 18.2 Å². The van der Waals surface area contributed by atoms with Gasteiger partial charge in [0.2, 0.25) is 0 Å². The lowest BCUT2D eigenvalue weighted by Crippen LogP contribution is -2.26. The van der Waals surface area contributed by atoms with Gasteiger partial charge in [-0.15, -0.1) is 0 Å². The summed E-state index contributed by atoms with van der Waals surface area (Å²) < 4.78 is 0. The molecule has 0 fully saturated rings. The van der Waals surface area contributed by atoms with Gasteiger partial charge in [-0.3, -0.25) is 4.79 Å². The predicted octanol–water partition coefficient (Wildman–Crippen LogP) is 3.95. The van der Waals surface area contributed by atoms with Crippen molar-refractivity contribution >= 4 is 40.5 Å². The Bertz CT molecular complexity index is 687. The minimum Gasteiger partial charge on any atom is -0.376 e. The van der Waals surface area contributed by atoms with Crippen LogP contribution in [0, 0.1) is 0 Å². The molecule has 0 aromatic heterocycles. The number of benzene rings is 2. The van der Waals surface area contributed by atoms with Crippen LogP contribution in [0.15, 0.2) is 53.6 Å². The van der Waals surface area contributed by atoms with Gasteiger partial charge in [0.1, 0.15) is 0 Å². The van der Waals surface area contributed by atoms with Crippen molar-refractivity contribution in [3.05, 3.63) is 64.1 Å². The second-order valence-corrected chi connectivity index (χ2v) is 5.42. The number of carbonyl (C=O) groups excluding carboxylic acids is 1. The first-order valence-corrected chi connectivity index (χ1v) is 7.39. The minimum absolute atomic E-state index is 0.134. The van der Waals surface area contributed by atoms with Crippen molar-refractivity contribution < 1.29 is 4.79 Å². The second-order valence-electron chi connectivity index (χ2n) is 4.58. The lowest BCUT2D eigenvalue weighted by atomic mass is 10.1. The molecule has 4 nitrogen and oxygen atoms in total. The third-order valence-corrected chi connectivity index (χ3v) is 3.44. The van der Waals surface area contributed by atoms with Crippen LogP contribution in [0.3, 0.4) is 0 Å². The summed E-state index contributed by atoms with van der Waals surface area (Å²) in [7, 11) is 0. The number of para-hydroxylation sites is 1. The maximum Gasteiger partial charge on any atom is 0.259 e. The number of hydrogen-bond acceptors (Lipinski definition) is 3. The van der Waals surface area contributed by atoms with E-state index in [-0.39, 0.29) is 12.5 Å². The molecule has 0 heterocycles. The Morgan fingerprint density at radius 2 is 1.86 bits per heavy atom. The zero-order valence-corrected chi connectivity index (χ0v) is 13.4. The van der Waals surface area contributed by atoms with Crippen LogP contribution in [0.1, 0.15) is 12.5 Å². The summed E-state index contributed by atoms with van der Waals surface area (Å²) in [6, 6.07) is 14.6. The maximum atomic E-state index is 11.8. The molecule has 0 radical (unpaired) electrons. The maximum absolute atomic E-state index is 11.8. The molecular weight excluding hydrogens is 321 g/mol. The van der Waals surface area contributed by atoms with Gasteiger partial charge in [-0.1, -0.05) is 47.5 Å². The first kappa shape index (κ1) is 16.3. The summed E-state index contributed by atoms with van der Waals surface area (Å²) >= 11 is 11.9. The Balaban J connectivity index is 1.91. The van der Waals surface area contributed by atoms with Gasteiger partial charge in [0, 0.05) is 16.3 Å². The molecule has 0 aliphatic heterocycles. The number of halogens is 2. The first-order valence-electron chi connectivity index (χ1n) is 6.64. The van der Waals surface area contributed by atoms with Gasteiger partial charge < -0.3 is 5.32 Å². The average molecular weight is 336 g/mol. The Morgan fingerprint density at radius 1 is 1.14 bits per heavy atom. The molecule has 2 aromatic rings. The number of nitrogens with zero attached hydrogens (tertiary/aromatic N) is 1. The summed E-state index contributed by atoms with van der Waals surface area (Å²) in [6.45, 7) is 1.90. The number of hydrazone groups is 1. The van der Waals surface area contributed by atoms with Crippen molar-refractivity contribution in [3.63, 3.8) is 0 Å². The Labute approximate surface area is 139 Å². The minimum atomic E-state index is -0.242. The van der Waals surface area contributed by atoms with Crippen LogP contribution < -0.4 is 10.7 Å². The molecule has 0 spiro atoms. The molecule has 0 aliphatic carbocycles. The van der Waals surface area contributed by atoms with E-state index in [0.717, 1.165) is 11.3 Å². The van der Waals surface area contributed by atoms with Crippen LogP contribution in [0.5, 0.6) is 0 Å². The number of anilines is 1. The quantitative estimate of drug-likeness (QED) is 0.642. The molecule has 0 aliphatic rings. The van der Waals surface area contributed by atoms with E-state index in [1.807, 2.05) is 30.3 Å². The molecule has 2 N–H and O–H groups in total. The highest BCUT2D eigenvalue weighted by Crippen LogP contribution is 2.21. The molecule has 2 rings (SSSR count). The highest BCUT2D eigenvalue weighted by molar-refractivity contribution is 6.37. The van der Waals surface area contributed by atoms with Crippen LogP contribution >= 0.6 is 23.2 Å². The summed E-state index contributed by atoms with van der Waals surface area (Å²) in [5, 5.41) is 8.09. The lowest BCUT2D eigenvalue weighted by Gasteiger charge is -2.07. The van der Waals surface area contributed by atoms with Crippen molar-refractivity contribution in [1.29, 1.82) is 0 Å². The van der Waals surface area contributed by atoms with E-state index in [9.17, 15) is 4.79 Å². The van der Waals surface area contributed by atoms with E-state index in [1.54, 1.807) is 25.1 Å². The van der Waals surface area contributed by atoms with Crippen molar-refractivity contribution in [2.24, 2.45) is 5.10 Å². The van der Waals surface area contributed by atoms with E-state index >= 15 is 0 Å². The number of carbonyl (C=O) groups is 1. The van der Waals surface area contributed by atoms with Gasteiger partial charge in [0.25, 0.3) is 5.91 Å². The van der Waals surface area contributed by atoms with E-state index < -0.39 is 0 Å². The third kappa shape index (κ3) is 4.76. The second kappa shape index (κ2) is 7.82. The summed E-state index contributed by atoms with van der Waals surface area (Å²) in [5.41, 5.74) is 4.69. The topological polar surface area (TPSA) is 53.5 Å². The number of hydrogen-bond donors (Lipinski definition) is 2. The average Bonchev–Trinajstić information content (AvgIpc) is 2.51. The smallest absolute Gasteiger partial charge is 0.259 e. The molecule has 0 unspecified atom stereocenters. The fraction of sp³-hybridized carbons (Fsp3) is 0.125. The van der Waals surface area contributed by atoms with Crippen molar-refractivity contribution in [3.8, 4) is 0 Å². The van der Waals surface area contributed by atoms with Crippen molar-refractivity contribution in [2.75, 3.05) is 11.9 Å². The SMILES string of the molecule is C/C(=N/NC(=O)CNc1ccccc1)c1ccc(Cl)cc1Cl. The first-order chi connectivity index (χ1) is 10.6. The van der Waals surface area contributed by atoms with Crippen LogP contribution in [0.4, 0.5) is 5.69 Å². The van der Waals surface area contributed by atoms with Gasteiger partial charge in [-0.25, -0.2) is 5.43 Å². The Morgan fingerprint density at radius 3 is 2.55 bits per heavy atom. The number of nitrogens with one attached hydrogen (secondary N) is 2. The van der Waals surface area contributed by atoms with Gasteiger partial charge >= 0.3 is 0 Å². The molecule has 2 aromatic carbocycles. The van der Waals surface area contributed by atoms with Gasteiger partial charge in [-0.05, 0) is 31.2 Å². The van der Waals surface area contributed by atoms with E-state index in [4.69, 9.17) is 23.2 Å². The van der Waals surface area contributed by atoms with Crippen molar-refractivity contribution in [2.45, 2.75) is 6.92 Å². The molecule has 0 saturated carbocycles. The monoisotopic (exact) mass is 335 g/mol. The Kier molecular flexibility index (Phi) is 5.81. The summed E-state index contributed by atoms with van der Waals surface area (Å²) in [4.78, 5) is 11.8. The summed E-state index contributed by atoms with van der Waals surface area (Å²) in [6.07, 6.45) is 0. The molecule has 0 saturated heterocycles. The molecule has 0 atom stereocenters. The largest absolute Gasteiger partial charge is 0.376 e. The van der Waals surface area contributed by atoms with Crippen molar-refractivity contribution in [1.82, 2.24) is 5.43 Å². The Hall–Kier alpha value is -2.04. The third-order valence-electron chi connectivity index (χ3n) is 2.90. The van der Waals surface area contributed by atoms with E-state index in [0.29, 0.717) is 15.8 Å². The molecular formula is C16H15Cl2N3O.